The van der Waals surface area contributed by atoms with Crippen molar-refractivity contribution in [1.29, 1.82) is 0 Å². The van der Waals surface area contributed by atoms with Gasteiger partial charge in [-0.05, 0) is 6.20 Å². The van der Waals surface area contributed by atoms with Gasteiger partial charge in [0.15, 0.2) is 6.23 Å². The Kier molecular flexibility index (Phi) is 1.57. The van der Waals surface area contributed by atoms with Crippen LogP contribution in [0, 0.1) is 0 Å². The Hall–Kier alpha value is -0.920. The molecule has 1 atom stereocenters. The van der Waals surface area contributed by atoms with Crippen molar-refractivity contribution in [2.24, 2.45) is 0 Å². The number of nitrogens with one attached hydrogen (secondary N) is 1. The van der Waals surface area contributed by atoms with Gasteiger partial charge in [-0.2, -0.15) is 0 Å². The predicted octanol–water partition coefficient (Wildman–Crippen LogP) is 0.980. The lowest BCUT2D eigenvalue weighted by molar-refractivity contribution is 0.137. The third kappa shape index (κ3) is 1.03. The molecule has 0 fully saturated rings. The molecule has 0 bridgehead atoms. The average molecular weight is 111 g/mol. The molecule has 2 nitrogen and oxygen atoms in total. The van der Waals surface area contributed by atoms with Crippen molar-refractivity contribution in [2.45, 2.75) is 12.6 Å². The van der Waals surface area contributed by atoms with Crippen molar-refractivity contribution in [3.8, 4) is 0 Å². The van der Waals surface area contributed by atoms with Crippen LogP contribution in [-0.2, 0) is 4.74 Å². The molecule has 1 aliphatic heterocycles. The van der Waals surface area contributed by atoms with Gasteiger partial charge in [0, 0.05) is 6.42 Å². The van der Waals surface area contributed by atoms with E-state index in [-0.39, 0.29) is 6.23 Å². The highest BCUT2D eigenvalue weighted by atomic mass is 16.5. The van der Waals surface area contributed by atoms with E-state index in [4.69, 9.17) is 4.74 Å². The van der Waals surface area contributed by atoms with E-state index in [1.807, 2.05) is 12.3 Å². The molecule has 0 aromatic heterocycles. The first-order valence-electron chi connectivity index (χ1n) is 2.61. The Bertz CT molecular complexity index is 101. The van der Waals surface area contributed by atoms with E-state index in [9.17, 15) is 0 Å². The summed E-state index contributed by atoms with van der Waals surface area (Å²) in [6.07, 6.45) is 6.42. The van der Waals surface area contributed by atoms with E-state index < -0.39 is 0 Å². The molecular weight excluding hydrogens is 102 g/mol. The summed E-state index contributed by atoms with van der Waals surface area (Å²) in [6, 6.07) is 0. The molecule has 0 aromatic rings. The molecule has 0 amide bonds. The van der Waals surface area contributed by atoms with Gasteiger partial charge in [-0.15, -0.1) is 0 Å². The van der Waals surface area contributed by atoms with Gasteiger partial charge < -0.3 is 10.1 Å². The zero-order valence-electron chi connectivity index (χ0n) is 4.63. The molecule has 0 aromatic carbocycles. The van der Waals surface area contributed by atoms with Crippen LogP contribution in [0.3, 0.4) is 0 Å². The predicted molar refractivity (Wildman–Crippen MR) is 32.0 cm³/mol. The monoisotopic (exact) mass is 111 g/mol. The largest absolute Gasteiger partial charge is 0.479 e. The summed E-state index contributed by atoms with van der Waals surface area (Å²) in [4.78, 5) is 0. The van der Waals surface area contributed by atoms with Gasteiger partial charge in [-0.1, -0.05) is 12.7 Å². The first-order valence-corrected chi connectivity index (χ1v) is 2.61. The van der Waals surface area contributed by atoms with Crippen LogP contribution >= 0.6 is 0 Å². The fraction of sp³-hybridized carbons (Fsp3) is 0.333. The quantitative estimate of drug-likeness (QED) is 0.536. The summed E-state index contributed by atoms with van der Waals surface area (Å²) >= 11 is 0. The smallest absolute Gasteiger partial charge is 0.172 e. The van der Waals surface area contributed by atoms with E-state index in [1.165, 1.54) is 6.26 Å². The van der Waals surface area contributed by atoms with Gasteiger partial charge in [0.2, 0.25) is 0 Å². The maximum absolute atomic E-state index is 4.99. The molecule has 0 saturated carbocycles. The Morgan fingerprint density at radius 2 is 2.75 bits per heavy atom. The number of hydrogen-bond acceptors (Lipinski definition) is 2. The molecule has 1 unspecified atom stereocenters. The van der Waals surface area contributed by atoms with Crippen molar-refractivity contribution in [1.82, 2.24) is 5.32 Å². The number of ether oxygens (including phenoxy) is 1. The normalized spacial score (nSPS) is 24.8. The van der Waals surface area contributed by atoms with Gasteiger partial charge >= 0.3 is 0 Å². The Labute approximate surface area is 48.8 Å². The lowest BCUT2D eigenvalue weighted by atomic mass is 10.4. The second kappa shape index (κ2) is 2.40. The minimum Gasteiger partial charge on any atom is -0.479 e. The summed E-state index contributed by atoms with van der Waals surface area (Å²) in [5.41, 5.74) is 0. The summed E-state index contributed by atoms with van der Waals surface area (Å²) in [6.45, 7) is 3.43. The highest BCUT2D eigenvalue weighted by Crippen LogP contribution is 2.01. The molecule has 0 radical (unpaired) electrons. The first-order chi connectivity index (χ1) is 3.93. The van der Waals surface area contributed by atoms with E-state index in [2.05, 4.69) is 11.9 Å². The third-order valence-corrected chi connectivity index (χ3v) is 1.01. The van der Waals surface area contributed by atoms with E-state index in [0.717, 1.165) is 6.42 Å². The van der Waals surface area contributed by atoms with Gasteiger partial charge in [0.1, 0.15) is 0 Å². The van der Waals surface area contributed by atoms with Crippen molar-refractivity contribution < 1.29 is 4.74 Å². The molecule has 0 aliphatic carbocycles. The second-order valence-electron chi connectivity index (χ2n) is 1.60. The number of rotatable bonds is 2. The zero-order valence-corrected chi connectivity index (χ0v) is 4.63. The van der Waals surface area contributed by atoms with Gasteiger partial charge in [0.05, 0.1) is 6.26 Å². The average Bonchev–Trinajstić information content (AvgIpc) is 2.19. The fourth-order valence-electron chi connectivity index (χ4n) is 0.646. The highest BCUT2D eigenvalue weighted by molar-refractivity contribution is 4.91. The minimum atomic E-state index is 0.132. The molecular formula is C6H9NO. The Morgan fingerprint density at radius 1 is 1.88 bits per heavy atom. The van der Waals surface area contributed by atoms with Crippen LogP contribution in [0.2, 0.25) is 0 Å². The van der Waals surface area contributed by atoms with Crippen LogP contribution in [0.5, 0.6) is 0 Å². The maximum Gasteiger partial charge on any atom is 0.172 e. The van der Waals surface area contributed by atoms with Crippen molar-refractivity contribution >= 4 is 0 Å². The molecule has 0 spiro atoms. The molecule has 0 saturated heterocycles. The molecule has 2 heteroatoms. The second-order valence-corrected chi connectivity index (χ2v) is 1.60. The Balaban J connectivity index is 2.19. The van der Waals surface area contributed by atoms with Crippen LogP contribution < -0.4 is 5.32 Å². The van der Waals surface area contributed by atoms with Crippen LogP contribution in [0.15, 0.2) is 25.1 Å². The lowest BCUT2D eigenvalue weighted by Gasteiger charge is -2.08. The van der Waals surface area contributed by atoms with E-state index in [0.29, 0.717) is 0 Å². The zero-order chi connectivity index (χ0) is 5.82. The highest BCUT2D eigenvalue weighted by Gasteiger charge is 2.05. The van der Waals surface area contributed by atoms with E-state index in [1.54, 1.807) is 0 Å². The molecule has 1 aliphatic rings. The molecule has 1 N–H and O–H groups in total. The standard InChI is InChI=1S/C6H9NO/c1-2-8-6-4-3-5-7-6/h2-3,5-7H,1,4H2. The summed E-state index contributed by atoms with van der Waals surface area (Å²) in [5, 5.41) is 2.98. The molecule has 1 heterocycles. The van der Waals surface area contributed by atoms with Gasteiger partial charge in [-0.25, -0.2) is 0 Å². The SMILES string of the molecule is C=COC1CC=CN1. The van der Waals surface area contributed by atoms with Crippen LogP contribution in [0.1, 0.15) is 6.42 Å². The van der Waals surface area contributed by atoms with Crippen molar-refractivity contribution in [3.63, 3.8) is 0 Å². The summed E-state index contributed by atoms with van der Waals surface area (Å²) < 4.78 is 4.99. The third-order valence-electron chi connectivity index (χ3n) is 1.01. The summed E-state index contributed by atoms with van der Waals surface area (Å²) in [7, 11) is 0. The Morgan fingerprint density at radius 3 is 3.25 bits per heavy atom. The molecule has 44 valence electrons. The van der Waals surface area contributed by atoms with Crippen molar-refractivity contribution in [2.75, 3.05) is 0 Å². The van der Waals surface area contributed by atoms with Gasteiger partial charge in [0.25, 0.3) is 0 Å². The van der Waals surface area contributed by atoms with Crippen molar-refractivity contribution in [3.05, 3.63) is 25.1 Å². The van der Waals surface area contributed by atoms with Crippen LogP contribution in [-0.4, -0.2) is 6.23 Å². The minimum absolute atomic E-state index is 0.132. The summed E-state index contributed by atoms with van der Waals surface area (Å²) in [5.74, 6) is 0. The molecule has 1 rings (SSSR count). The van der Waals surface area contributed by atoms with Crippen LogP contribution in [0.25, 0.3) is 0 Å². The maximum atomic E-state index is 4.99. The fourth-order valence-corrected chi connectivity index (χ4v) is 0.646. The van der Waals surface area contributed by atoms with E-state index >= 15 is 0 Å². The first kappa shape index (κ1) is 5.22. The number of hydrogen-bond donors (Lipinski definition) is 1. The van der Waals surface area contributed by atoms with Crippen LogP contribution in [0.4, 0.5) is 0 Å². The molecule has 8 heavy (non-hydrogen) atoms. The topological polar surface area (TPSA) is 21.3 Å². The lowest BCUT2D eigenvalue weighted by Crippen LogP contribution is -2.19. The van der Waals surface area contributed by atoms with Gasteiger partial charge in [-0.3, -0.25) is 0 Å².